The summed E-state index contributed by atoms with van der Waals surface area (Å²) in [6.45, 7) is 5.89. The molecule has 0 aromatic rings. The third kappa shape index (κ3) is 9.10. The average molecular weight is 297 g/mol. The first-order valence-electron chi connectivity index (χ1n) is 8.65. The SMILES string of the molecule is CC(C)CC(CN(C)C)NCC(=O)NC1CCCCCC1. The van der Waals surface area contributed by atoms with E-state index in [1.807, 2.05) is 0 Å². The van der Waals surface area contributed by atoms with E-state index in [9.17, 15) is 4.79 Å². The van der Waals surface area contributed by atoms with E-state index in [2.05, 4.69) is 43.5 Å². The highest BCUT2D eigenvalue weighted by atomic mass is 16.2. The van der Waals surface area contributed by atoms with Gasteiger partial charge in [-0.3, -0.25) is 4.79 Å². The minimum absolute atomic E-state index is 0.161. The van der Waals surface area contributed by atoms with Crippen molar-refractivity contribution in [3.8, 4) is 0 Å². The molecule has 1 atom stereocenters. The van der Waals surface area contributed by atoms with E-state index >= 15 is 0 Å². The van der Waals surface area contributed by atoms with Gasteiger partial charge in [0.15, 0.2) is 0 Å². The standard InChI is InChI=1S/C17H35N3O/c1-14(2)11-16(13-20(3)4)18-12-17(21)19-15-9-7-5-6-8-10-15/h14-16,18H,5-13H2,1-4H3,(H,19,21). The molecule has 0 radical (unpaired) electrons. The molecule has 2 N–H and O–H groups in total. The molecule has 1 aliphatic carbocycles. The van der Waals surface area contributed by atoms with Crippen LogP contribution in [0.3, 0.4) is 0 Å². The Balaban J connectivity index is 2.30. The van der Waals surface area contributed by atoms with Crippen molar-refractivity contribution in [2.75, 3.05) is 27.2 Å². The van der Waals surface area contributed by atoms with Crippen molar-refractivity contribution < 1.29 is 4.79 Å². The molecule has 21 heavy (non-hydrogen) atoms. The molecule has 0 heterocycles. The van der Waals surface area contributed by atoms with Gasteiger partial charge in [0.2, 0.25) is 5.91 Å². The molecular formula is C17H35N3O. The largest absolute Gasteiger partial charge is 0.352 e. The molecule has 1 unspecified atom stereocenters. The van der Waals surface area contributed by atoms with E-state index in [4.69, 9.17) is 0 Å². The number of hydrogen-bond donors (Lipinski definition) is 2. The van der Waals surface area contributed by atoms with E-state index in [1.54, 1.807) is 0 Å². The first-order valence-corrected chi connectivity index (χ1v) is 8.65. The summed E-state index contributed by atoms with van der Waals surface area (Å²) in [5.74, 6) is 0.807. The highest BCUT2D eigenvalue weighted by Crippen LogP contribution is 2.17. The number of nitrogens with one attached hydrogen (secondary N) is 2. The van der Waals surface area contributed by atoms with Gasteiger partial charge in [-0.05, 0) is 39.3 Å². The van der Waals surface area contributed by atoms with Gasteiger partial charge in [0.25, 0.3) is 0 Å². The van der Waals surface area contributed by atoms with Crippen LogP contribution >= 0.6 is 0 Å². The number of rotatable bonds is 8. The summed E-state index contributed by atoms with van der Waals surface area (Å²) in [7, 11) is 4.17. The van der Waals surface area contributed by atoms with Crippen LogP contribution < -0.4 is 10.6 Å². The summed E-state index contributed by atoms with van der Waals surface area (Å²) >= 11 is 0. The van der Waals surface area contributed by atoms with Gasteiger partial charge >= 0.3 is 0 Å². The van der Waals surface area contributed by atoms with E-state index < -0.39 is 0 Å². The molecule has 1 saturated carbocycles. The van der Waals surface area contributed by atoms with Gasteiger partial charge in [0, 0.05) is 18.6 Å². The number of nitrogens with zero attached hydrogens (tertiary/aromatic N) is 1. The molecular weight excluding hydrogens is 262 g/mol. The average Bonchev–Trinajstić information content (AvgIpc) is 2.63. The Bertz CT molecular complexity index is 274. The van der Waals surface area contributed by atoms with Gasteiger partial charge in [-0.25, -0.2) is 0 Å². The lowest BCUT2D eigenvalue weighted by atomic mass is 10.0. The van der Waals surface area contributed by atoms with Crippen LogP contribution in [0.25, 0.3) is 0 Å². The molecule has 1 rings (SSSR count). The maximum atomic E-state index is 12.1. The van der Waals surface area contributed by atoms with Crippen LogP contribution in [-0.4, -0.2) is 50.1 Å². The zero-order valence-corrected chi connectivity index (χ0v) is 14.5. The summed E-state index contributed by atoms with van der Waals surface area (Å²) in [5, 5.41) is 6.64. The molecule has 0 aromatic heterocycles. The van der Waals surface area contributed by atoms with Crippen molar-refractivity contribution in [2.45, 2.75) is 70.9 Å². The second kappa shape index (κ2) is 10.2. The molecule has 1 aliphatic rings. The molecule has 0 bridgehead atoms. The Morgan fingerprint density at radius 2 is 1.76 bits per heavy atom. The first kappa shape index (κ1) is 18.4. The summed E-state index contributed by atoms with van der Waals surface area (Å²) < 4.78 is 0. The topological polar surface area (TPSA) is 44.4 Å². The molecule has 124 valence electrons. The fourth-order valence-corrected chi connectivity index (χ4v) is 3.17. The fourth-order valence-electron chi connectivity index (χ4n) is 3.17. The summed E-state index contributed by atoms with van der Waals surface area (Å²) in [4.78, 5) is 14.3. The van der Waals surface area contributed by atoms with Crippen molar-refractivity contribution in [1.82, 2.24) is 15.5 Å². The van der Waals surface area contributed by atoms with Crippen molar-refractivity contribution in [1.29, 1.82) is 0 Å². The first-order chi connectivity index (χ1) is 9.97. The molecule has 0 saturated heterocycles. The lowest BCUT2D eigenvalue weighted by Gasteiger charge is -2.24. The smallest absolute Gasteiger partial charge is 0.234 e. The highest BCUT2D eigenvalue weighted by Gasteiger charge is 2.16. The number of hydrogen-bond acceptors (Lipinski definition) is 3. The Morgan fingerprint density at radius 1 is 1.14 bits per heavy atom. The van der Waals surface area contributed by atoms with Crippen molar-refractivity contribution in [2.24, 2.45) is 5.92 Å². The molecule has 1 amide bonds. The predicted octanol–water partition coefficient (Wildman–Crippen LogP) is 2.39. The minimum Gasteiger partial charge on any atom is -0.352 e. The van der Waals surface area contributed by atoms with E-state index in [-0.39, 0.29) is 5.91 Å². The molecule has 0 aliphatic heterocycles. The van der Waals surface area contributed by atoms with E-state index in [1.165, 1.54) is 25.7 Å². The van der Waals surface area contributed by atoms with Gasteiger partial charge in [-0.15, -0.1) is 0 Å². The highest BCUT2D eigenvalue weighted by molar-refractivity contribution is 5.78. The van der Waals surface area contributed by atoms with Crippen LogP contribution in [0, 0.1) is 5.92 Å². The molecule has 4 heteroatoms. The lowest BCUT2D eigenvalue weighted by Crippen LogP contribution is -2.46. The number of carbonyl (C=O) groups is 1. The van der Waals surface area contributed by atoms with Crippen LogP contribution in [0.15, 0.2) is 0 Å². The lowest BCUT2D eigenvalue weighted by molar-refractivity contribution is -0.121. The third-order valence-corrected chi connectivity index (χ3v) is 4.11. The number of amides is 1. The van der Waals surface area contributed by atoms with E-state index in [0.29, 0.717) is 24.5 Å². The maximum absolute atomic E-state index is 12.1. The molecule has 0 aromatic carbocycles. The van der Waals surface area contributed by atoms with Crippen LogP contribution in [-0.2, 0) is 4.79 Å². The van der Waals surface area contributed by atoms with Crippen LogP contribution in [0.1, 0.15) is 58.8 Å². The van der Waals surface area contributed by atoms with Gasteiger partial charge in [0.05, 0.1) is 6.54 Å². The van der Waals surface area contributed by atoms with Gasteiger partial charge in [-0.2, -0.15) is 0 Å². The summed E-state index contributed by atoms with van der Waals surface area (Å²) in [6, 6.07) is 0.791. The zero-order chi connectivity index (χ0) is 15.7. The number of carbonyl (C=O) groups excluding carboxylic acids is 1. The Kier molecular flexibility index (Phi) is 8.93. The Labute approximate surface area is 131 Å². The summed E-state index contributed by atoms with van der Waals surface area (Å²) in [6.07, 6.45) is 8.57. The Hall–Kier alpha value is -0.610. The van der Waals surface area contributed by atoms with Crippen LogP contribution in [0.4, 0.5) is 0 Å². The normalized spacial score (nSPS) is 18.8. The monoisotopic (exact) mass is 297 g/mol. The van der Waals surface area contributed by atoms with Gasteiger partial charge in [-0.1, -0.05) is 39.5 Å². The second-order valence-electron chi connectivity index (χ2n) is 7.23. The van der Waals surface area contributed by atoms with Crippen molar-refractivity contribution in [3.05, 3.63) is 0 Å². The van der Waals surface area contributed by atoms with Crippen molar-refractivity contribution in [3.63, 3.8) is 0 Å². The maximum Gasteiger partial charge on any atom is 0.234 e. The van der Waals surface area contributed by atoms with Crippen LogP contribution in [0.5, 0.6) is 0 Å². The zero-order valence-electron chi connectivity index (χ0n) is 14.5. The fraction of sp³-hybridized carbons (Fsp3) is 0.941. The quantitative estimate of drug-likeness (QED) is 0.676. The van der Waals surface area contributed by atoms with Crippen molar-refractivity contribution >= 4 is 5.91 Å². The molecule has 4 nitrogen and oxygen atoms in total. The van der Waals surface area contributed by atoms with E-state index in [0.717, 1.165) is 25.8 Å². The summed E-state index contributed by atoms with van der Waals surface area (Å²) in [5.41, 5.74) is 0. The predicted molar refractivity (Wildman–Crippen MR) is 89.4 cm³/mol. The molecule has 1 fully saturated rings. The third-order valence-electron chi connectivity index (χ3n) is 4.11. The van der Waals surface area contributed by atoms with Gasteiger partial charge < -0.3 is 15.5 Å². The Morgan fingerprint density at radius 3 is 2.29 bits per heavy atom. The second-order valence-corrected chi connectivity index (χ2v) is 7.23. The molecule has 0 spiro atoms. The minimum atomic E-state index is 0.161. The van der Waals surface area contributed by atoms with Crippen LogP contribution in [0.2, 0.25) is 0 Å². The number of likely N-dealkylation sites (N-methyl/N-ethyl adjacent to an activating group) is 1. The van der Waals surface area contributed by atoms with Gasteiger partial charge in [0.1, 0.15) is 0 Å².